The van der Waals surface area contributed by atoms with E-state index in [0.717, 1.165) is 0 Å². The number of carbonyl (C=O) groups is 1. The van der Waals surface area contributed by atoms with E-state index < -0.39 is 5.91 Å². The van der Waals surface area contributed by atoms with Gasteiger partial charge in [0.05, 0.1) is 5.51 Å². The molecule has 0 aromatic carbocycles. The molecule has 1 aromatic heterocycles. The van der Waals surface area contributed by atoms with Gasteiger partial charge in [0.2, 0.25) is 0 Å². The molecule has 6 heteroatoms. The standard InChI is InChI=1S/C5H2BrN3OS/c6-4-3(9-2-11-4)5(10)8-1-7/h2H,(H,8,10). The first-order valence-electron chi connectivity index (χ1n) is 2.54. The van der Waals surface area contributed by atoms with Crippen molar-refractivity contribution in [2.24, 2.45) is 0 Å². The molecule has 0 radical (unpaired) electrons. The van der Waals surface area contributed by atoms with E-state index in [4.69, 9.17) is 5.26 Å². The van der Waals surface area contributed by atoms with Gasteiger partial charge in [0.15, 0.2) is 11.9 Å². The smallest absolute Gasteiger partial charge is 0.266 e. The summed E-state index contributed by atoms with van der Waals surface area (Å²) in [4.78, 5) is 14.6. The molecule has 56 valence electrons. The number of nitrogens with zero attached hydrogens (tertiary/aromatic N) is 2. The number of nitrogens with one attached hydrogen (secondary N) is 1. The van der Waals surface area contributed by atoms with Crippen LogP contribution in [0.4, 0.5) is 0 Å². The predicted molar refractivity (Wildman–Crippen MR) is 42.9 cm³/mol. The Kier molecular flexibility index (Phi) is 2.57. The van der Waals surface area contributed by atoms with Gasteiger partial charge < -0.3 is 0 Å². The van der Waals surface area contributed by atoms with Gasteiger partial charge >= 0.3 is 0 Å². The van der Waals surface area contributed by atoms with Crippen molar-refractivity contribution in [2.75, 3.05) is 0 Å². The highest BCUT2D eigenvalue weighted by atomic mass is 79.9. The Morgan fingerprint density at radius 3 is 3.09 bits per heavy atom. The maximum atomic E-state index is 10.9. The Morgan fingerprint density at radius 2 is 2.64 bits per heavy atom. The van der Waals surface area contributed by atoms with Crippen molar-refractivity contribution in [1.29, 1.82) is 5.26 Å². The molecular formula is C5H2BrN3OS. The van der Waals surface area contributed by atoms with Crippen LogP contribution in [0.2, 0.25) is 0 Å². The highest BCUT2D eigenvalue weighted by Crippen LogP contribution is 2.19. The third kappa shape index (κ3) is 1.76. The van der Waals surface area contributed by atoms with E-state index >= 15 is 0 Å². The number of halogens is 1. The Hall–Kier alpha value is -0.930. The van der Waals surface area contributed by atoms with Crippen LogP contribution in [-0.2, 0) is 0 Å². The van der Waals surface area contributed by atoms with Crippen LogP contribution in [0.15, 0.2) is 9.30 Å². The Morgan fingerprint density at radius 1 is 1.91 bits per heavy atom. The summed E-state index contributed by atoms with van der Waals surface area (Å²) in [6.45, 7) is 0. The number of hydrogen-bond acceptors (Lipinski definition) is 4. The molecule has 0 atom stereocenters. The lowest BCUT2D eigenvalue weighted by molar-refractivity contribution is 0.0968. The molecule has 0 aliphatic carbocycles. The van der Waals surface area contributed by atoms with E-state index in [1.165, 1.54) is 23.0 Å². The average Bonchev–Trinajstić information content (AvgIpc) is 2.36. The SMILES string of the molecule is N#CNC(=O)c1ncsc1Br. The number of amides is 1. The minimum absolute atomic E-state index is 0.247. The van der Waals surface area contributed by atoms with E-state index in [-0.39, 0.29) is 5.69 Å². The second-order valence-corrected chi connectivity index (χ2v) is 3.71. The second-order valence-electron chi connectivity index (χ2n) is 1.54. The van der Waals surface area contributed by atoms with Crippen LogP contribution in [-0.4, -0.2) is 10.9 Å². The zero-order valence-corrected chi connectivity index (χ0v) is 7.57. The summed E-state index contributed by atoms with van der Waals surface area (Å²) < 4.78 is 0.630. The topological polar surface area (TPSA) is 65.8 Å². The monoisotopic (exact) mass is 231 g/mol. The lowest BCUT2D eigenvalue weighted by Crippen LogP contribution is -2.17. The maximum absolute atomic E-state index is 10.9. The Labute approximate surface area is 75.0 Å². The number of hydrogen-bond donors (Lipinski definition) is 1. The van der Waals surface area contributed by atoms with E-state index in [1.807, 2.05) is 5.32 Å². The molecule has 1 heterocycles. The molecule has 11 heavy (non-hydrogen) atoms. The van der Waals surface area contributed by atoms with Crippen molar-refractivity contribution in [3.8, 4) is 6.19 Å². The summed E-state index contributed by atoms with van der Waals surface area (Å²) in [6.07, 6.45) is 1.53. The minimum Gasteiger partial charge on any atom is -0.266 e. The number of rotatable bonds is 1. The molecule has 0 aliphatic rings. The molecule has 1 rings (SSSR count). The maximum Gasteiger partial charge on any atom is 0.284 e. The van der Waals surface area contributed by atoms with Gasteiger partial charge in [0.1, 0.15) is 3.79 Å². The summed E-state index contributed by atoms with van der Waals surface area (Å²) in [5.41, 5.74) is 1.77. The normalized spacial score (nSPS) is 8.73. The van der Waals surface area contributed by atoms with Crippen LogP contribution < -0.4 is 5.32 Å². The van der Waals surface area contributed by atoms with Crippen LogP contribution in [0.5, 0.6) is 0 Å². The predicted octanol–water partition coefficient (Wildman–Crippen LogP) is 1.12. The third-order valence-corrected chi connectivity index (χ3v) is 2.46. The second kappa shape index (κ2) is 3.46. The molecule has 0 fully saturated rings. The summed E-state index contributed by atoms with van der Waals surface area (Å²) in [7, 11) is 0. The van der Waals surface area contributed by atoms with Gasteiger partial charge in [-0.15, -0.1) is 11.3 Å². The molecule has 0 spiro atoms. The zero-order valence-electron chi connectivity index (χ0n) is 5.17. The van der Waals surface area contributed by atoms with Gasteiger partial charge in [-0.05, 0) is 15.9 Å². The Balaban J connectivity index is 2.86. The third-order valence-electron chi connectivity index (χ3n) is 0.909. The van der Waals surface area contributed by atoms with Gasteiger partial charge in [-0.3, -0.25) is 10.1 Å². The Bertz CT molecular complexity index is 316. The highest BCUT2D eigenvalue weighted by Gasteiger charge is 2.11. The highest BCUT2D eigenvalue weighted by molar-refractivity contribution is 9.11. The molecule has 0 unspecified atom stereocenters. The van der Waals surface area contributed by atoms with Crippen molar-refractivity contribution in [2.45, 2.75) is 0 Å². The molecule has 1 N–H and O–H groups in total. The zero-order chi connectivity index (χ0) is 8.27. The van der Waals surface area contributed by atoms with Crippen molar-refractivity contribution in [1.82, 2.24) is 10.3 Å². The molecule has 1 amide bonds. The minimum atomic E-state index is -0.486. The van der Waals surface area contributed by atoms with Crippen LogP contribution in [0.1, 0.15) is 10.5 Å². The van der Waals surface area contributed by atoms with Gasteiger partial charge in [-0.25, -0.2) is 4.98 Å². The van der Waals surface area contributed by atoms with E-state index in [9.17, 15) is 4.79 Å². The first-order chi connectivity index (χ1) is 5.25. The molecule has 0 aliphatic heterocycles. The first kappa shape index (κ1) is 8.17. The van der Waals surface area contributed by atoms with E-state index in [1.54, 1.807) is 0 Å². The largest absolute Gasteiger partial charge is 0.284 e. The molecule has 1 aromatic rings. The fourth-order valence-corrected chi connectivity index (χ4v) is 1.53. The van der Waals surface area contributed by atoms with Gasteiger partial charge in [-0.1, -0.05) is 0 Å². The van der Waals surface area contributed by atoms with Crippen molar-refractivity contribution in [3.05, 3.63) is 15.0 Å². The van der Waals surface area contributed by atoms with Crippen LogP contribution in [0, 0.1) is 11.5 Å². The summed E-state index contributed by atoms with van der Waals surface area (Å²) in [5.74, 6) is -0.486. The van der Waals surface area contributed by atoms with Crippen LogP contribution in [0.3, 0.4) is 0 Å². The number of thiazole rings is 1. The van der Waals surface area contributed by atoms with Gasteiger partial charge in [0.25, 0.3) is 5.91 Å². The van der Waals surface area contributed by atoms with Gasteiger partial charge in [0, 0.05) is 0 Å². The molecule has 4 nitrogen and oxygen atoms in total. The number of nitriles is 1. The van der Waals surface area contributed by atoms with Crippen molar-refractivity contribution >= 4 is 33.2 Å². The first-order valence-corrected chi connectivity index (χ1v) is 4.21. The van der Waals surface area contributed by atoms with Gasteiger partial charge in [-0.2, -0.15) is 5.26 Å². The summed E-state index contributed by atoms with van der Waals surface area (Å²) in [6, 6.07) is 0. The fourth-order valence-electron chi connectivity index (χ4n) is 0.490. The number of carbonyl (C=O) groups excluding carboxylic acids is 1. The van der Waals surface area contributed by atoms with Crippen LogP contribution in [0.25, 0.3) is 0 Å². The summed E-state index contributed by atoms with van der Waals surface area (Å²) >= 11 is 4.42. The molecule has 0 bridgehead atoms. The summed E-state index contributed by atoms with van der Waals surface area (Å²) in [5, 5.41) is 10.1. The lowest BCUT2D eigenvalue weighted by atomic mass is 10.5. The van der Waals surface area contributed by atoms with E-state index in [2.05, 4.69) is 20.9 Å². The average molecular weight is 232 g/mol. The molecule has 0 saturated carbocycles. The van der Waals surface area contributed by atoms with Crippen molar-refractivity contribution < 1.29 is 4.79 Å². The van der Waals surface area contributed by atoms with E-state index in [0.29, 0.717) is 3.79 Å². The fraction of sp³-hybridized carbons (Fsp3) is 0. The van der Waals surface area contributed by atoms with Crippen molar-refractivity contribution in [3.63, 3.8) is 0 Å². The molecular weight excluding hydrogens is 230 g/mol. The molecule has 0 saturated heterocycles. The lowest BCUT2D eigenvalue weighted by Gasteiger charge is -1.90. The van der Waals surface area contributed by atoms with Crippen LogP contribution >= 0.6 is 27.3 Å². The quantitative estimate of drug-likeness (QED) is 0.582. The number of aromatic nitrogens is 1.